The summed E-state index contributed by atoms with van der Waals surface area (Å²) in [5.41, 5.74) is 2.96. The third-order valence-electron chi connectivity index (χ3n) is 5.09. The average molecular weight is 326 g/mol. The molecule has 0 aromatic heterocycles. The van der Waals surface area contributed by atoms with E-state index in [4.69, 9.17) is 4.55 Å². The van der Waals surface area contributed by atoms with Gasteiger partial charge < -0.3 is 5.48 Å². The Kier molecular flexibility index (Phi) is 5.60. The van der Waals surface area contributed by atoms with Crippen molar-refractivity contribution in [2.75, 3.05) is 0 Å². The van der Waals surface area contributed by atoms with Gasteiger partial charge in [0, 0.05) is 0 Å². The fraction of sp³-hybridized carbons (Fsp3) is 0.529. The molecule has 0 radical (unpaired) electrons. The molecule has 0 amide bonds. The van der Waals surface area contributed by atoms with Crippen LogP contribution in [-0.4, -0.2) is 18.4 Å². The van der Waals surface area contributed by atoms with Gasteiger partial charge in [0.05, 0.1) is 4.90 Å². The Labute approximate surface area is 133 Å². The zero-order valence-corrected chi connectivity index (χ0v) is 14.3. The molecular formula is C17H26O4S. The number of aryl methyl sites for hydroxylation is 1. The highest BCUT2D eigenvalue weighted by Gasteiger charge is 2.47. The lowest BCUT2D eigenvalue weighted by molar-refractivity contribution is 0.289. The molecule has 2 aliphatic rings. The highest BCUT2D eigenvalue weighted by molar-refractivity contribution is 7.85. The second-order valence-electron chi connectivity index (χ2n) is 6.74. The van der Waals surface area contributed by atoms with Gasteiger partial charge in [-0.2, -0.15) is 8.42 Å². The van der Waals surface area contributed by atoms with E-state index in [1.807, 2.05) is 6.92 Å². The van der Waals surface area contributed by atoms with Crippen molar-refractivity contribution >= 4 is 10.1 Å². The molecule has 0 spiro atoms. The van der Waals surface area contributed by atoms with E-state index in [-0.39, 0.29) is 10.4 Å². The number of hydrogen-bond donors (Lipinski definition) is 1. The highest BCUT2D eigenvalue weighted by Crippen LogP contribution is 2.58. The first-order valence-corrected chi connectivity index (χ1v) is 8.80. The second kappa shape index (κ2) is 6.52. The summed E-state index contributed by atoms with van der Waals surface area (Å²) in [5, 5.41) is 0. The zero-order valence-electron chi connectivity index (χ0n) is 13.5. The first kappa shape index (κ1) is 18.9. The molecule has 4 nitrogen and oxygen atoms in total. The van der Waals surface area contributed by atoms with E-state index in [1.54, 1.807) is 12.1 Å². The molecular weight excluding hydrogens is 300 g/mol. The van der Waals surface area contributed by atoms with Gasteiger partial charge in [0.25, 0.3) is 10.1 Å². The largest absolute Gasteiger partial charge is 0.412 e. The molecule has 5 heteroatoms. The quantitative estimate of drug-likeness (QED) is 0.634. The summed E-state index contributed by atoms with van der Waals surface area (Å²) in [6.45, 7) is 10.8. The molecule has 2 aliphatic carbocycles. The van der Waals surface area contributed by atoms with E-state index in [0.717, 1.165) is 17.4 Å². The number of benzene rings is 1. The average Bonchev–Trinajstić information content (AvgIpc) is 2.94. The minimum Gasteiger partial charge on any atom is -0.412 e. The molecule has 2 fully saturated rings. The van der Waals surface area contributed by atoms with Crippen LogP contribution in [0.3, 0.4) is 0 Å². The number of hydrogen-bond acceptors (Lipinski definition) is 2. The summed E-state index contributed by atoms with van der Waals surface area (Å²) in [7, 11) is -4.02. The minimum atomic E-state index is -4.02. The van der Waals surface area contributed by atoms with Crippen LogP contribution in [0.4, 0.5) is 0 Å². The van der Waals surface area contributed by atoms with E-state index in [0.29, 0.717) is 5.41 Å². The van der Waals surface area contributed by atoms with Crippen molar-refractivity contribution in [3.63, 3.8) is 0 Å². The first-order valence-electron chi connectivity index (χ1n) is 7.36. The van der Waals surface area contributed by atoms with Gasteiger partial charge >= 0.3 is 0 Å². The molecule has 3 N–H and O–H groups in total. The predicted molar refractivity (Wildman–Crippen MR) is 88.4 cm³/mol. The molecule has 0 saturated heterocycles. The topological polar surface area (TPSA) is 85.9 Å². The molecule has 2 atom stereocenters. The lowest BCUT2D eigenvalue weighted by atomic mass is 9.73. The Morgan fingerprint density at radius 3 is 2.05 bits per heavy atom. The van der Waals surface area contributed by atoms with Crippen molar-refractivity contribution in [3.05, 3.63) is 42.0 Å². The predicted octanol–water partition coefficient (Wildman–Crippen LogP) is 3.42. The second-order valence-corrected chi connectivity index (χ2v) is 8.16. The molecule has 22 heavy (non-hydrogen) atoms. The van der Waals surface area contributed by atoms with Crippen LogP contribution < -0.4 is 0 Å². The number of allylic oxidation sites excluding steroid dienone is 1. The van der Waals surface area contributed by atoms with Gasteiger partial charge in [-0.3, -0.25) is 4.55 Å². The van der Waals surface area contributed by atoms with Crippen molar-refractivity contribution in [2.24, 2.45) is 17.3 Å². The molecule has 2 unspecified atom stereocenters. The van der Waals surface area contributed by atoms with Crippen molar-refractivity contribution in [2.45, 2.75) is 44.9 Å². The molecule has 0 heterocycles. The number of fused-ring (bicyclic) bond motifs is 2. The number of rotatable bonds is 1. The molecule has 0 aliphatic heterocycles. The van der Waals surface area contributed by atoms with Crippen molar-refractivity contribution in [1.29, 1.82) is 0 Å². The van der Waals surface area contributed by atoms with E-state index in [1.165, 1.54) is 37.0 Å². The maximum absolute atomic E-state index is 10.5. The first-order chi connectivity index (χ1) is 9.62. The summed E-state index contributed by atoms with van der Waals surface area (Å²) < 4.78 is 29.6. The van der Waals surface area contributed by atoms with Crippen LogP contribution >= 0.6 is 0 Å². The molecule has 3 rings (SSSR count). The molecule has 2 bridgehead atoms. The summed E-state index contributed by atoms with van der Waals surface area (Å²) in [5.74, 6) is 1.85. The van der Waals surface area contributed by atoms with Gasteiger partial charge in [0.1, 0.15) is 0 Å². The Morgan fingerprint density at radius 2 is 1.73 bits per heavy atom. The molecule has 124 valence electrons. The monoisotopic (exact) mass is 326 g/mol. The van der Waals surface area contributed by atoms with E-state index < -0.39 is 10.1 Å². The minimum absolute atomic E-state index is 0. The van der Waals surface area contributed by atoms with Crippen molar-refractivity contribution in [1.82, 2.24) is 0 Å². The van der Waals surface area contributed by atoms with Crippen LogP contribution in [0.25, 0.3) is 0 Å². The Bertz CT molecular complexity index is 629. The van der Waals surface area contributed by atoms with Gasteiger partial charge in [-0.15, -0.1) is 0 Å². The maximum Gasteiger partial charge on any atom is 0.294 e. The summed E-state index contributed by atoms with van der Waals surface area (Å²) >= 11 is 0. The van der Waals surface area contributed by atoms with E-state index in [9.17, 15) is 8.42 Å². The Morgan fingerprint density at radius 1 is 1.18 bits per heavy atom. The van der Waals surface area contributed by atoms with Crippen molar-refractivity contribution < 1.29 is 18.4 Å². The third kappa shape index (κ3) is 3.77. The van der Waals surface area contributed by atoms with Crippen LogP contribution in [0.2, 0.25) is 0 Å². The van der Waals surface area contributed by atoms with Gasteiger partial charge in [0.15, 0.2) is 0 Å². The molecule has 1 aromatic rings. The smallest absolute Gasteiger partial charge is 0.294 e. The van der Waals surface area contributed by atoms with Crippen LogP contribution in [0.15, 0.2) is 41.3 Å². The normalized spacial score (nSPS) is 25.2. The fourth-order valence-electron chi connectivity index (χ4n) is 3.45. The Balaban J connectivity index is 0.000000211. The third-order valence-corrected chi connectivity index (χ3v) is 5.96. The van der Waals surface area contributed by atoms with Crippen LogP contribution in [-0.2, 0) is 10.1 Å². The zero-order chi connectivity index (χ0) is 15.8. The van der Waals surface area contributed by atoms with E-state index >= 15 is 0 Å². The van der Waals surface area contributed by atoms with Gasteiger partial charge in [-0.05, 0) is 55.6 Å². The highest BCUT2D eigenvalue weighted by atomic mass is 32.2. The summed E-state index contributed by atoms with van der Waals surface area (Å²) in [4.78, 5) is -0.0666. The Hall–Kier alpha value is -1.17. The van der Waals surface area contributed by atoms with Gasteiger partial charge in [0.2, 0.25) is 0 Å². The molecule has 1 aromatic carbocycles. The standard InChI is InChI=1S/C10H16.C7H8O3S.H2O/c1-7-8-4-5-9(6-8)10(7,2)3;1-6-2-4-7(5-3-6)11(8,9)10;/h8-9H,1,4-6H2,2-3H3;2-5H,1H3,(H,8,9,10);1H2. The van der Waals surface area contributed by atoms with Crippen LogP contribution in [0, 0.1) is 24.2 Å². The molecule has 2 saturated carbocycles. The van der Waals surface area contributed by atoms with Gasteiger partial charge in [-0.25, -0.2) is 0 Å². The summed E-state index contributed by atoms with van der Waals surface area (Å²) in [6, 6.07) is 5.99. The fourth-order valence-corrected chi connectivity index (χ4v) is 3.93. The van der Waals surface area contributed by atoms with Crippen LogP contribution in [0.1, 0.15) is 38.7 Å². The SMILES string of the molecule is C=C1C2CCC(C2)C1(C)C.Cc1ccc(S(=O)(=O)O)cc1.O. The van der Waals surface area contributed by atoms with Crippen LogP contribution in [0.5, 0.6) is 0 Å². The van der Waals surface area contributed by atoms with E-state index in [2.05, 4.69) is 20.4 Å². The summed E-state index contributed by atoms with van der Waals surface area (Å²) in [6.07, 6.45) is 4.31. The van der Waals surface area contributed by atoms with Gasteiger partial charge in [-0.1, -0.05) is 43.7 Å². The lowest BCUT2D eigenvalue weighted by Crippen LogP contribution is -2.21. The lowest BCUT2D eigenvalue weighted by Gasteiger charge is -2.31. The maximum atomic E-state index is 10.5. The van der Waals surface area contributed by atoms with Crippen molar-refractivity contribution in [3.8, 4) is 0 Å².